The molecule has 0 atom stereocenters. The van der Waals surface area contributed by atoms with Crippen LogP contribution in [-0.2, 0) is 20.4 Å². The van der Waals surface area contributed by atoms with Gasteiger partial charge in [0.15, 0.2) is 0 Å². The normalized spacial score (nSPS) is 0. The summed E-state index contributed by atoms with van der Waals surface area (Å²) < 4.78 is 0. The van der Waals surface area contributed by atoms with E-state index in [-0.39, 0.29) is 62.0 Å². The Morgan fingerprint density at radius 1 is 0.500 bits per heavy atom. The molecule has 0 aromatic rings. The van der Waals surface area contributed by atoms with Crippen LogP contribution in [0.3, 0.4) is 0 Å². The van der Waals surface area contributed by atoms with Gasteiger partial charge in [-0.3, -0.25) is 0 Å². The molecule has 0 aromatic heterocycles. The second kappa shape index (κ2) is 154. The average Bonchev–Trinajstić information content (AvgIpc) is 0. The Balaban J connectivity index is 0. The Morgan fingerprint density at radius 3 is 0.500 bits per heavy atom. The molecule has 6 heavy (non-hydrogen) atoms. The third-order valence-corrected chi connectivity index (χ3v) is 0. The van der Waals surface area contributed by atoms with Gasteiger partial charge in [-0.15, -0.1) is 0 Å². The van der Waals surface area contributed by atoms with E-state index in [1.165, 1.54) is 0 Å². The predicted molar refractivity (Wildman–Crippen MR) is 21.1 cm³/mol. The maximum Gasteiger partial charge on any atom is 0 e. The molecule has 0 radical (unpaired) electrons. The number of halogens is 1. The van der Waals surface area contributed by atoms with Gasteiger partial charge < -0.3 is 41.6 Å². The fraction of sp³-hybridized carbons (Fsp3) is 0. The second-order valence-electron chi connectivity index (χ2n) is 0. The van der Waals surface area contributed by atoms with E-state index in [1.54, 1.807) is 0 Å². The van der Waals surface area contributed by atoms with E-state index in [0.717, 1.165) is 0 Å². The maximum absolute atomic E-state index is 0. The first kappa shape index (κ1) is 259. The third-order valence-electron chi connectivity index (χ3n) is 0. The SMILES string of the molecule is [Br-].[NH2-].[NH2-].[NH2-].[NH2-].[Pd]. The molecule has 0 heterocycles. The van der Waals surface area contributed by atoms with Gasteiger partial charge in [-0.05, 0) is 0 Å². The zero-order valence-corrected chi connectivity index (χ0v) is 6.14. The molecule has 0 spiro atoms. The van der Waals surface area contributed by atoms with Crippen LogP contribution in [0.1, 0.15) is 0 Å². The van der Waals surface area contributed by atoms with E-state index in [4.69, 9.17) is 0 Å². The molecule has 8 N–H and O–H groups in total. The number of hydrogen-bond donors (Lipinski definition) is 0. The summed E-state index contributed by atoms with van der Waals surface area (Å²) in [6.07, 6.45) is 0. The standard InChI is InChI=1S/BrH.4H2N.Pd/h1H;4*1H2;/q;4*-1;/p-1. The molecular formula is H8BrN4Pd-5. The number of nitrogens with two attached hydrogens (primary N) is 4. The molecule has 0 rings (SSSR count). The van der Waals surface area contributed by atoms with Gasteiger partial charge >= 0.3 is 0 Å². The van der Waals surface area contributed by atoms with E-state index in [0.29, 0.717) is 0 Å². The molecule has 0 aliphatic heterocycles. The summed E-state index contributed by atoms with van der Waals surface area (Å²) in [6, 6.07) is 0. The fourth-order valence-corrected chi connectivity index (χ4v) is 0. The molecular weight excluding hydrogens is 242 g/mol. The molecule has 0 fully saturated rings. The van der Waals surface area contributed by atoms with Crippen molar-refractivity contribution in [1.82, 2.24) is 0 Å². The van der Waals surface area contributed by atoms with Crippen LogP contribution in [0.5, 0.6) is 0 Å². The zero-order chi connectivity index (χ0) is 0. The van der Waals surface area contributed by atoms with Crippen LogP contribution in [0.25, 0.3) is 24.6 Å². The van der Waals surface area contributed by atoms with E-state index in [9.17, 15) is 0 Å². The molecule has 0 aliphatic rings. The van der Waals surface area contributed by atoms with Gasteiger partial charge in [0.2, 0.25) is 0 Å². The molecule has 0 bridgehead atoms. The minimum absolute atomic E-state index is 0. The van der Waals surface area contributed by atoms with Gasteiger partial charge in [-0.2, -0.15) is 0 Å². The smallest absolute Gasteiger partial charge is 0 e. The summed E-state index contributed by atoms with van der Waals surface area (Å²) in [5.74, 6) is 0. The van der Waals surface area contributed by atoms with E-state index < -0.39 is 0 Å². The maximum atomic E-state index is 0. The monoisotopic (exact) mass is 249 g/mol. The summed E-state index contributed by atoms with van der Waals surface area (Å²) in [5, 5.41) is 0. The van der Waals surface area contributed by atoms with Crippen molar-refractivity contribution in [3.8, 4) is 0 Å². The largest absolute Gasteiger partial charge is 1.00 e. The van der Waals surface area contributed by atoms with Crippen LogP contribution in [0.15, 0.2) is 0 Å². The van der Waals surface area contributed by atoms with Crippen LogP contribution in [0.4, 0.5) is 0 Å². The van der Waals surface area contributed by atoms with Crippen LogP contribution in [0, 0.1) is 0 Å². The first-order valence-electron chi connectivity index (χ1n) is 0. The Kier molecular flexibility index (Phi) is 6640. The Labute approximate surface area is 62.2 Å². The first-order valence-corrected chi connectivity index (χ1v) is 0. The van der Waals surface area contributed by atoms with Crippen molar-refractivity contribution in [3.63, 3.8) is 0 Å². The molecule has 4 nitrogen and oxygen atoms in total. The number of hydrogen-bond acceptors (Lipinski definition) is 0. The third kappa shape index (κ3) is 81.9. The van der Waals surface area contributed by atoms with Crippen molar-refractivity contribution in [1.29, 1.82) is 0 Å². The van der Waals surface area contributed by atoms with Crippen molar-refractivity contribution in [2.24, 2.45) is 0 Å². The fourth-order valence-electron chi connectivity index (χ4n) is 0. The summed E-state index contributed by atoms with van der Waals surface area (Å²) in [7, 11) is 0. The summed E-state index contributed by atoms with van der Waals surface area (Å²) >= 11 is 0. The van der Waals surface area contributed by atoms with Gasteiger partial charge in [0, 0.05) is 20.4 Å². The molecule has 0 amide bonds. The second-order valence-corrected chi connectivity index (χ2v) is 0. The van der Waals surface area contributed by atoms with Gasteiger partial charge in [-0.1, -0.05) is 0 Å². The molecule has 0 saturated carbocycles. The van der Waals surface area contributed by atoms with E-state index >= 15 is 0 Å². The van der Waals surface area contributed by atoms with Crippen molar-refractivity contribution in [2.45, 2.75) is 0 Å². The molecule has 0 saturated heterocycles. The first-order chi connectivity index (χ1) is 0. The Bertz CT molecular complexity index is 7.51. The molecule has 0 unspecified atom stereocenters. The minimum atomic E-state index is 0. The average molecular weight is 250 g/mol. The van der Waals surface area contributed by atoms with Crippen LogP contribution in [-0.4, -0.2) is 0 Å². The van der Waals surface area contributed by atoms with E-state index in [2.05, 4.69) is 0 Å². The van der Waals surface area contributed by atoms with Crippen molar-refractivity contribution in [3.05, 3.63) is 24.6 Å². The molecule has 0 aromatic carbocycles. The van der Waals surface area contributed by atoms with Crippen molar-refractivity contribution in [2.75, 3.05) is 0 Å². The van der Waals surface area contributed by atoms with Gasteiger partial charge in [-0.25, -0.2) is 0 Å². The Morgan fingerprint density at radius 2 is 0.500 bits per heavy atom. The number of rotatable bonds is 0. The summed E-state index contributed by atoms with van der Waals surface area (Å²) in [6.45, 7) is 0. The van der Waals surface area contributed by atoms with Crippen LogP contribution in [0.2, 0.25) is 0 Å². The quantitative estimate of drug-likeness (QED) is 0.529. The van der Waals surface area contributed by atoms with Crippen molar-refractivity contribution < 1.29 is 37.4 Å². The summed E-state index contributed by atoms with van der Waals surface area (Å²) in [4.78, 5) is 0. The zero-order valence-electron chi connectivity index (χ0n) is 3.00. The molecule has 50 valence electrons. The van der Waals surface area contributed by atoms with Crippen LogP contribution >= 0.6 is 0 Å². The molecule has 0 aliphatic carbocycles. The van der Waals surface area contributed by atoms with Gasteiger partial charge in [0.25, 0.3) is 0 Å². The topological polar surface area (TPSA) is 134 Å². The van der Waals surface area contributed by atoms with Crippen LogP contribution < -0.4 is 17.0 Å². The predicted octanol–water partition coefficient (Wildman–Crippen LogP) is -0.130. The van der Waals surface area contributed by atoms with E-state index in [1.807, 2.05) is 0 Å². The Hall–Kier alpha value is 0.982. The summed E-state index contributed by atoms with van der Waals surface area (Å²) in [5.41, 5.74) is 0. The van der Waals surface area contributed by atoms with Gasteiger partial charge in [0.1, 0.15) is 0 Å². The van der Waals surface area contributed by atoms with Crippen molar-refractivity contribution >= 4 is 0 Å². The van der Waals surface area contributed by atoms with Gasteiger partial charge in [0.05, 0.1) is 0 Å². The molecule has 6 heteroatoms. The minimum Gasteiger partial charge on any atom is -1.00 e.